The molecule has 2 N–H and O–H groups in total. The number of esters is 1. The Labute approximate surface area is 100 Å². The van der Waals surface area contributed by atoms with Gasteiger partial charge in [-0.15, -0.1) is 0 Å². The van der Waals surface area contributed by atoms with E-state index in [1.54, 1.807) is 0 Å². The lowest BCUT2D eigenvalue weighted by Gasteiger charge is -2.60. The van der Waals surface area contributed by atoms with Crippen molar-refractivity contribution in [2.45, 2.75) is 43.5 Å². The molecule has 0 saturated heterocycles. The van der Waals surface area contributed by atoms with E-state index in [1.165, 1.54) is 0 Å². The van der Waals surface area contributed by atoms with E-state index in [2.05, 4.69) is 6.58 Å². The fourth-order valence-electron chi connectivity index (χ4n) is 4.26. The molecule has 0 radical (unpaired) electrons. The highest BCUT2D eigenvalue weighted by Crippen LogP contribution is 2.57. The van der Waals surface area contributed by atoms with Crippen LogP contribution in [0.3, 0.4) is 0 Å². The van der Waals surface area contributed by atoms with Crippen LogP contribution < -0.4 is 0 Å². The number of hydrogen-bond acceptors (Lipinski definition) is 4. The Morgan fingerprint density at radius 3 is 2.82 bits per heavy atom. The Kier molecular flexibility index (Phi) is 2.35. The summed E-state index contributed by atoms with van der Waals surface area (Å²) in [6.07, 6.45) is 3.15. The minimum atomic E-state index is -0.763. The first-order valence-electron chi connectivity index (χ1n) is 6.27. The quantitative estimate of drug-likeness (QED) is 0.547. The first-order valence-corrected chi connectivity index (χ1v) is 6.27. The Balaban J connectivity index is 1.90. The zero-order chi connectivity index (χ0) is 12.2. The smallest absolute Gasteiger partial charge is 0.330 e. The summed E-state index contributed by atoms with van der Waals surface area (Å²) in [5.41, 5.74) is -0.763. The molecule has 0 heterocycles. The van der Waals surface area contributed by atoms with Crippen molar-refractivity contribution in [3.8, 4) is 0 Å². The molecule has 4 saturated carbocycles. The van der Waals surface area contributed by atoms with Crippen molar-refractivity contribution in [3.05, 3.63) is 12.7 Å². The van der Waals surface area contributed by atoms with Crippen LogP contribution in [0.1, 0.15) is 25.7 Å². The molecule has 4 aliphatic carbocycles. The molecule has 4 nitrogen and oxygen atoms in total. The maximum absolute atomic E-state index is 11.4. The fourth-order valence-corrected chi connectivity index (χ4v) is 4.26. The van der Waals surface area contributed by atoms with Gasteiger partial charge in [0.15, 0.2) is 0 Å². The van der Waals surface area contributed by atoms with Crippen molar-refractivity contribution in [1.29, 1.82) is 0 Å². The van der Waals surface area contributed by atoms with Gasteiger partial charge in [-0.1, -0.05) is 6.58 Å². The lowest BCUT2D eigenvalue weighted by atomic mass is 9.51. The Morgan fingerprint density at radius 2 is 2.12 bits per heavy atom. The highest BCUT2D eigenvalue weighted by atomic mass is 16.6. The summed E-state index contributed by atoms with van der Waals surface area (Å²) in [7, 11) is 0. The van der Waals surface area contributed by atoms with E-state index in [4.69, 9.17) is 4.74 Å². The summed E-state index contributed by atoms with van der Waals surface area (Å²) in [4.78, 5) is 11.4. The van der Waals surface area contributed by atoms with Crippen LogP contribution in [0.2, 0.25) is 0 Å². The number of rotatable bonds is 2. The van der Waals surface area contributed by atoms with Gasteiger partial charge in [-0.2, -0.15) is 0 Å². The molecule has 4 aliphatic rings. The predicted molar refractivity (Wildman–Crippen MR) is 60.0 cm³/mol. The predicted octanol–water partition coefficient (Wildman–Crippen LogP) is 0.626. The van der Waals surface area contributed by atoms with Crippen molar-refractivity contribution in [1.82, 2.24) is 0 Å². The SMILES string of the molecule is C=CC(=O)OC12CC3CC(C1)C(O)C(C3)C2O. The van der Waals surface area contributed by atoms with E-state index >= 15 is 0 Å². The molecular weight excluding hydrogens is 220 g/mol. The molecule has 6 unspecified atom stereocenters. The molecule has 4 heteroatoms. The van der Waals surface area contributed by atoms with Gasteiger partial charge in [0, 0.05) is 12.0 Å². The zero-order valence-electron chi connectivity index (χ0n) is 9.71. The van der Waals surface area contributed by atoms with Crippen molar-refractivity contribution in [3.63, 3.8) is 0 Å². The van der Waals surface area contributed by atoms with Gasteiger partial charge < -0.3 is 14.9 Å². The fraction of sp³-hybridized carbons (Fsp3) is 0.769. The number of hydrogen-bond donors (Lipinski definition) is 2. The van der Waals surface area contributed by atoms with Gasteiger partial charge in [0.1, 0.15) is 5.60 Å². The Bertz CT molecular complexity index is 366. The molecule has 0 aliphatic heterocycles. The Morgan fingerprint density at radius 1 is 1.35 bits per heavy atom. The molecule has 0 aromatic rings. The highest BCUT2D eigenvalue weighted by Gasteiger charge is 2.62. The van der Waals surface area contributed by atoms with Gasteiger partial charge in [-0.05, 0) is 37.5 Å². The summed E-state index contributed by atoms with van der Waals surface area (Å²) in [5, 5.41) is 20.4. The molecule has 0 aromatic carbocycles. The van der Waals surface area contributed by atoms with Crippen LogP contribution in [-0.4, -0.2) is 34.0 Å². The van der Waals surface area contributed by atoms with Crippen LogP contribution in [0, 0.1) is 17.8 Å². The summed E-state index contributed by atoms with van der Waals surface area (Å²) in [6, 6.07) is 0. The molecule has 17 heavy (non-hydrogen) atoms. The topological polar surface area (TPSA) is 66.8 Å². The van der Waals surface area contributed by atoms with Gasteiger partial charge >= 0.3 is 5.97 Å². The van der Waals surface area contributed by atoms with Gasteiger partial charge in [0.25, 0.3) is 0 Å². The van der Waals surface area contributed by atoms with E-state index in [9.17, 15) is 15.0 Å². The van der Waals surface area contributed by atoms with Crippen molar-refractivity contribution < 1.29 is 19.7 Å². The average molecular weight is 238 g/mol. The first kappa shape index (κ1) is 11.2. The molecule has 6 atom stereocenters. The minimum absolute atomic E-state index is 0.126. The largest absolute Gasteiger partial charge is 0.453 e. The van der Waals surface area contributed by atoms with Crippen LogP contribution >= 0.6 is 0 Å². The second-order valence-electron chi connectivity index (χ2n) is 5.80. The van der Waals surface area contributed by atoms with Crippen LogP contribution in [0.5, 0.6) is 0 Å². The van der Waals surface area contributed by atoms with Crippen molar-refractivity contribution >= 4 is 5.97 Å². The van der Waals surface area contributed by atoms with E-state index in [0.29, 0.717) is 12.3 Å². The maximum Gasteiger partial charge on any atom is 0.330 e. The van der Waals surface area contributed by atoms with E-state index in [-0.39, 0.29) is 11.8 Å². The summed E-state index contributed by atoms with van der Waals surface area (Å²) in [5.74, 6) is 0.0519. The molecule has 0 amide bonds. The molecule has 4 bridgehead atoms. The van der Waals surface area contributed by atoms with Crippen molar-refractivity contribution in [2.24, 2.45) is 17.8 Å². The Hall–Kier alpha value is -0.870. The molecule has 0 spiro atoms. The van der Waals surface area contributed by atoms with E-state index in [0.717, 1.165) is 25.3 Å². The molecule has 0 aromatic heterocycles. The van der Waals surface area contributed by atoms with Gasteiger partial charge in [0.05, 0.1) is 12.2 Å². The molecular formula is C13H18O4. The van der Waals surface area contributed by atoms with E-state index < -0.39 is 23.8 Å². The second kappa shape index (κ2) is 3.56. The van der Waals surface area contributed by atoms with Crippen LogP contribution in [0.25, 0.3) is 0 Å². The third-order valence-corrected chi connectivity index (χ3v) is 4.82. The van der Waals surface area contributed by atoms with Crippen LogP contribution in [0.4, 0.5) is 0 Å². The third kappa shape index (κ3) is 1.47. The van der Waals surface area contributed by atoms with Crippen LogP contribution in [0.15, 0.2) is 12.7 Å². The summed E-state index contributed by atoms with van der Waals surface area (Å²) < 4.78 is 5.44. The lowest BCUT2D eigenvalue weighted by Crippen LogP contribution is -2.66. The van der Waals surface area contributed by atoms with Gasteiger partial charge in [-0.25, -0.2) is 4.79 Å². The normalized spacial score (nSPS) is 51.3. The maximum atomic E-state index is 11.4. The van der Waals surface area contributed by atoms with E-state index in [1.807, 2.05) is 0 Å². The highest BCUT2D eigenvalue weighted by molar-refractivity contribution is 5.81. The summed E-state index contributed by atoms with van der Waals surface area (Å²) >= 11 is 0. The van der Waals surface area contributed by atoms with Crippen LogP contribution in [-0.2, 0) is 9.53 Å². The van der Waals surface area contributed by atoms with Crippen molar-refractivity contribution in [2.75, 3.05) is 0 Å². The number of carbonyl (C=O) groups is 1. The van der Waals surface area contributed by atoms with Gasteiger partial charge in [-0.3, -0.25) is 0 Å². The lowest BCUT2D eigenvalue weighted by molar-refractivity contribution is -0.251. The molecule has 4 fully saturated rings. The second-order valence-corrected chi connectivity index (χ2v) is 5.80. The number of ether oxygens (including phenoxy) is 1. The van der Waals surface area contributed by atoms with Gasteiger partial charge in [0.2, 0.25) is 0 Å². The summed E-state index contributed by atoms with van der Waals surface area (Å²) in [6.45, 7) is 3.39. The number of aliphatic hydroxyl groups is 2. The standard InChI is InChI=1S/C13H18O4/c1-2-10(14)17-13-5-7-3-8(6-13)11(15)9(4-7)12(13)16/h2,7-9,11-12,15-16H,1,3-6H2. The minimum Gasteiger partial charge on any atom is -0.453 e. The molecule has 94 valence electrons. The monoisotopic (exact) mass is 238 g/mol. The number of carbonyl (C=O) groups excluding carboxylic acids is 1. The first-order chi connectivity index (χ1) is 8.05. The zero-order valence-corrected chi connectivity index (χ0v) is 9.71. The number of aliphatic hydroxyl groups excluding tert-OH is 2. The third-order valence-electron chi connectivity index (χ3n) is 4.82. The average Bonchev–Trinajstić information content (AvgIpc) is 2.31. The molecule has 4 rings (SSSR count).